The molecular formula is C15H16FN3O. The molecule has 1 aliphatic heterocycles. The molecule has 0 unspecified atom stereocenters. The van der Waals surface area contributed by atoms with Gasteiger partial charge in [-0.1, -0.05) is 0 Å². The summed E-state index contributed by atoms with van der Waals surface area (Å²) in [6.07, 6.45) is 3.72. The number of hydrogen-bond acceptors (Lipinski definition) is 3. The van der Waals surface area contributed by atoms with Crippen LogP contribution in [-0.2, 0) is 4.79 Å². The van der Waals surface area contributed by atoms with Gasteiger partial charge in [0.25, 0.3) is 0 Å². The van der Waals surface area contributed by atoms with Crippen molar-refractivity contribution in [2.45, 2.75) is 37.8 Å². The molecule has 0 radical (unpaired) electrons. The molecule has 1 N–H and O–H groups in total. The number of nitriles is 1. The Morgan fingerprint density at radius 1 is 1.40 bits per heavy atom. The van der Waals surface area contributed by atoms with E-state index >= 15 is 0 Å². The summed E-state index contributed by atoms with van der Waals surface area (Å²) in [5.41, 5.74) is 0.710. The summed E-state index contributed by atoms with van der Waals surface area (Å²) in [5.74, 6) is -0.441. The Bertz CT molecular complexity index is 577. The van der Waals surface area contributed by atoms with E-state index in [-0.39, 0.29) is 11.9 Å². The third kappa shape index (κ3) is 2.46. The monoisotopic (exact) mass is 273 g/mol. The van der Waals surface area contributed by atoms with E-state index < -0.39 is 5.82 Å². The van der Waals surface area contributed by atoms with Crippen LogP contribution in [0.2, 0.25) is 0 Å². The molecule has 0 spiro atoms. The molecule has 1 aromatic rings. The fraction of sp³-hybridized carbons (Fsp3) is 0.467. The highest BCUT2D eigenvalue weighted by Gasteiger charge is 2.35. The van der Waals surface area contributed by atoms with E-state index in [2.05, 4.69) is 5.32 Å². The number of rotatable bonds is 3. The first-order valence-electron chi connectivity index (χ1n) is 6.95. The van der Waals surface area contributed by atoms with Crippen LogP contribution in [0.4, 0.5) is 10.1 Å². The molecule has 4 nitrogen and oxygen atoms in total. The van der Waals surface area contributed by atoms with Crippen LogP contribution in [-0.4, -0.2) is 24.5 Å². The average molecular weight is 273 g/mol. The van der Waals surface area contributed by atoms with Crippen LogP contribution in [0.5, 0.6) is 0 Å². The number of anilines is 1. The molecule has 3 rings (SSSR count). The molecule has 20 heavy (non-hydrogen) atoms. The summed E-state index contributed by atoms with van der Waals surface area (Å²) < 4.78 is 14.1. The van der Waals surface area contributed by atoms with Gasteiger partial charge in [-0.2, -0.15) is 5.26 Å². The number of hydrogen-bond donors (Lipinski definition) is 1. The van der Waals surface area contributed by atoms with Crippen LogP contribution in [0.1, 0.15) is 31.2 Å². The SMILES string of the molecule is N#Cc1ccc(N2CCC[C@@H]2C(=O)NC2CC2)c(F)c1. The molecule has 1 amide bonds. The molecule has 1 aliphatic carbocycles. The fourth-order valence-electron chi connectivity index (χ4n) is 2.66. The third-order valence-electron chi connectivity index (χ3n) is 3.87. The van der Waals surface area contributed by atoms with E-state index in [0.717, 1.165) is 25.7 Å². The van der Waals surface area contributed by atoms with Crippen molar-refractivity contribution in [2.24, 2.45) is 0 Å². The second-order valence-corrected chi connectivity index (χ2v) is 5.41. The summed E-state index contributed by atoms with van der Waals surface area (Å²) in [4.78, 5) is 14.0. The minimum atomic E-state index is -0.435. The van der Waals surface area contributed by atoms with E-state index in [0.29, 0.717) is 23.8 Å². The van der Waals surface area contributed by atoms with Crippen molar-refractivity contribution < 1.29 is 9.18 Å². The maximum atomic E-state index is 14.1. The molecular weight excluding hydrogens is 257 g/mol. The average Bonchev–Trinajstić information content (AvgIpc) is 3.12. The predicted octanol–water partition coefficient (Wildman–Crippen LogP) is 1.94. The Balaban J connectivity index is 1.80. The molecule has 5 heteroatoms. The topological polar surface area (TPSA) is 56.1 Å². The lowest BCUT2D eigenvalue weighted by Crippen LogP contribution is -2.44. The van der Waals surface area contributed by atoms with Crippen LogP contribution < -0.4 is 10.2 Å². The largest absolute Gasteiger partial charge is 0.357 e. The minimum Gasteiger partial charge on any atom is -0.357 e. The number of amides is 1. The van der Waals surface area contributed by atoms with E-state index in [1.807, 2.05) is 11.0 Å². The molecule has 1 heterocycles. The predicted molar refractivity (Wildman–Crippen MR) is 72.6 cm³/mol. The number of halogens is 1. The van der Waals surface area contributed by atoms with Crippen LogP contribution in [0.15, 0.2) is 18.2 Å². The molecule has 104 valence electrons. The maximum Gasteiger partial charge on any atom is 0.242 e. The molecule has 0 aromatic heterocycles. The van der Waals surface area contributed by atoms with Crippen molar-refractivity contribution in [1.29, 1.82) is 5.26 Å². The summed E-state index contributed by atoms with van der Waals surface area (Å²) in [5, 5.41) is 11.8. The van der Waals surface area contributed by atoms with E-state index in [9.17, 15) is 9.18 Å². The molecule has 1 atom stereocenters. The van der Waals surface area contributed by atoms with Crippen molar-refractivity contribution >= 4 is 11.6 Å². The van der Waals surface area contributed by atoms with Crippen LogP contribution >= 0.6 is 0 Å². The second kappa shape index (κ2) is 5.12. The van der Waals surface area contributed by atoms with Gasteiger partial charge in [-0.15, -0.1) is 0 Å². The molecule has 2 aliphatic rings. The number of carbonyl (C=O) groups is 1. The van der Waals surface area contributed by atoms with Crippen molar-refractivity contribution in [3.05, 3.63) is 29.6 Å². The smallest absolute Gasteiger partial charge is 0.242 e. The first kappa shape index (κ1) is 12.9. The zero-order chi connectivity index (χ0) is 14.1. The minimum absolute atomic E-state index is 0.00578. The van der Waals surface area contributed by atoms with E-state index in [1.54, 1.807) is 12.1 Å². The van der Waals surface area contributed by atoms with Crippen LogP contribution in [0.25, 0.3) is 0 Å². The first-order chi connectivity index (χ1) is 9.69. The summed E-state index contributed by atoms with van der Waals surface area (Å²) in [6, 6.07) is 6.35. The Hall–Kier alpha value is -2.09. The molecule has 1 aromatic carbocycles. The van der Waals surface area contributed by atoms with Crippen molar-refractivity contribution in [3.63, 3.8) is 0 Å². The molecule has 1 saturated carbocycles. The Kier molecular flexibility index (Phi) is 3.31. The van der Waals surface area contributed by atoms with Gasteiger partial charge in [0.1, 0.15) is 11.9 Å². The van der Waals surface area contributed by atoms with Gasteiger partial charge in [-0.3, -0.25) is 4.79 Å². The standard InChI is InChI=1S/C15H16FN3O/c16-12-8-10(9-17)3-6-13(12)19-7-1-2-14(19)15(20)18-11-4-5-11/h3,6,8,11,14H,1-2,4-5,7H2,(H,18,20)/t14-/m1/s1. The van der Waals surface area contributed by atoms with E-state index in [4.69, 9.17) is 5.26 Å². The van der Waals surface area contributed by atoms with Gasteiger partial charge >= 0.3 is 0 Å². The van der Waals surface area contributed by atoms with Gasteiger partial charge in [0.05, 0.1) is 17.3 Å². The van der Waals surface area contributed by atoms with Crippen molar-refractivity contribution in [2.75, 3.05) is 11.4 Å². The van der Waals surface area contributed by atoms with Gasteiger partial charge in [0.2, 0.25) is 5.91 Å². The number of carbonyl (C=O) groups excluding carboxylic acids is 1. The lowest BCUT2D eigenvalue weighted by atomic mass is 10.1. The molecule has 0 bridgehead atoms. The molecule has 1 saturated heterocycles. The number of benzene rings is 1. The van der Waals surface area contributed by atoms with Crippen LogP contribution in [0.3, 0.4) is 0 Å². The highest BCUT2D eigenvalue weighted by atomic mass is 19.1. The van der Waals surface area contributed by atoms with Gasteiger partial charge in [-0.05, 0) is 43.9 Å². The lowest BCUT2D eigenvalue weighted by molar-refractivity contribution is -0.122. The number of nitrogens with zero attached hydrogens (tertiary/aromatic N) is 2. The zero-order valence-electron chi connectivity index (χ0n) is 11.1. The van der Waals surface area contributed by atoms with E-state index in [1.165, 1.54) is 6.07 Å². The summed E-state index contributed by atoms with van der Waals surface area (Å²) >= 11 is 0. The quantitative estimate of drug-likeness (QED) is 0.915. The maximum absolute atomic E-state index is 14.1. The fourth-order valence-corrected chi connectivity index (χ4v) is 2.66. The number of nitrogens with one attached hydrogen (secondary N) is 1. The summed E-state index contributed by atoms with van der Waals surface area (Å²) in [6.45, 7) is 0.672. The Morgan fingerprint density at radius 2 is 2.20 bits per heavy atom. The summed E-state index contributed by atoms with van der Waals surface area (Å²) in [7, 11) is 0. The second-order valence-electron chi connectivity index (χ2n) is 5.41. The van der Waals surface area contributed by atoms with Gasteiger partial charge in [0, 0.05) is 12.6 Å². The Labute approximate surface area is 117 Å². The zero-order valence-corrected chi connectivity index (χ0v) is 11.1. The van der Waals surface area contributed by atoms with Crippen molar-refractivity contribution in [3.8, 4) is 6.07 Å². The van der Waals surface area contributed by atoms with Crippen molar-refractivity contribution in [1.82, 2.24) is 5.32 Å². The first-order valence-corrected chi connectivity index (χ1v) is 6.95. The molecule has 2 fully saturated rings. The third-order valence-corrected chi connectivity index (χ3v) is 3.87. The van der Waals surface area contributed by atoms with Gasteiger partial charge in [0.15, 0.2) is 0 Å². The van der Waals surface area contributed by atoms with Gasteiger partial charge < -0.3 is 10.2 Å². The Morgan fingerprint density at radius 3 is 2.85 bits per heavy atom. The lowest BCUT2D eigenvalue weighted by Gasteiger charge is -2.26. The van der Waals surface area contributed by atoms with Crippen LogP contribution in [0, 0.1) is 17.1 Å². The normalized spacial score (nSPS) is 21.6. The van der Waals surface area contributed by atoms with Gasteiger partial charge in [-0.25, -0.2) is 4.39 Å². The highest BCUT2D eigenvalue weighted by molar-refractivity contribution is 5.86. The highest BCUT2D eigenvalue weighted by Crippen LogP contribution is 2.29.